The molecule has 2 heterocycles. The molecule has 2 aromatic heterocycles. The average molecular weight is 359 g/mol. The van der Waals surface area contributed by atoms with Crippen molar-refractivity contribution in [3.63, 3.8) is 0 Å². The summed E-state index contributed by atoms with van der Waals surface area (Å²) < 4.78 is 5.90. The highest BCUT2D eigenvalue weighted by Crippen LogP contribution is 2.33. The Morgan fingerprint density at radius 1 is 1.00 bits per heavy atom. The largest absolute Gasteiger partial charge is 0.477 e. The lowest BCUT2D eigenvalue weighted by atomic mass is 10.0. The van der Waals surface area contributed by atoms with E-state index < -0.39 is 0 Å². The van der Waals surface area contributed by atoms with Gasteiger partial charge in [-0.2, -0.15) is 4.98 Å². The van der Waals surface area contributed by atoms with Crippen LogP contribution in [0, 0.1) is 0 Å². The molecule has 0 fully saturated rings. The van der Waals surface area contributed by atoms with Crippen LogP contribution in [-0.4, -0.2) is 16.6 Å². The minimum atomic E-state index is 0.529. The third-order valence-corrected chi connectivity index (χ3v) is 4.53. The molecule has 0 aliphatic heterocycles. The summed E-state index contributed by atoms with van der Waals surface area (Å²) in [6, 6.07) is 20.3. The van der Waals surface area contributed by atoms with Crippen molar-refractivity contribution < 1.29 is 9.72 Å². The SMILES string of the molecule is CCCCOc1[nH]c(N)c2[nH+]c(-c3ccccc3)c(-c3ccccc3)nc12. The number of ether oxygens (including phenoxy) is 1. The van der Waals surface area contributed by atoms with Crippen LogP contribution in [0.5, 0.6) is 5.88 Å². The molecule has 0 amide bonds. The summed E-state index contributed by atoms with van der Waals surface area (Å²) in [6.07, 6.45) is 2.05. The van der Waals surface area contributed by atoms with Crippen molar-refractivity contribution in [2.24, 2.45) is 0 Å². The summed E-state index contributed by atoms with van der Waals surface area (Å²) in [6.45, 7) is 2.77. The molecule has 5 nitrogen and oxygen atoms in total. The molecule has 0 saturated heterocycles. The molecule has 2 aromatic carbocycles. The molecule has 4 rings (SSSR count). The van der Waals surface area contributed by atoms with E-state index in [-0.39, 0.29) is 0 Å². The van der Waals surface area contributed by atoms with Crippen molar-refractivity contribution in [1.82, 2.24) is 9.97 Å². The summed E-state index contributed by atoms with van der Waals surface area (Å²) in [5, 5.41) is 0. The number of rotatable bonds is 6. The predicted molar refractivity (Wildman–Crippen MR) is 108 cm³/mol. The van der Waals surface area contributed by atoms with Crippen LogP contribution in [0.15, 0.2) is 60.7 Å². The maximum Gasteiger partial charge on any atom is 0.276 e. The number of unbranched alkanes of at least 4 members (excludes halogenated alkanes) is 1. The molecule has 4 aromatic rings. The van der Waals surface area contributed by atoms with Gasteiger partial charge in [-0.25, -0.2) is 4.98 Å². The second-order valence-electron chi connectivity index (χ2n) is 6.49. The minimum absolute atomic E-state index is 0.529. The Balaban J connectivity index is 1.92. The van der Waals surface area contributed by atoms with Crippen LogP contribution in [0.25, 0.3) is 33.5 Å². The van der Waals surface area contributed by atoms with E-state index in [4.69, 9.17) is 15.5 Å². The Labute approximate surface area is 158 Å². The maximum absolute atomic E-state index is 6.21. The number of anilines is 1. The van der Waals surface area contributed by atoms with Gasteiger partial charge in [0, 0.05) is 11.1 Å². The lowest BCUT2D eigenvalue weighted by Gasteiger charge is -2.06. The van der Waals surface area contributed by atoms with Gasteiger partial charge in [-0.05, 0) is 18.6 Å². The Morgan fingerprint density at radius 3 is 2.33 bits per heavy atom. The lowest BCUT2D eigenvalue weighted by molar-refractivity contribution is -0.330. The lowest BCUT2D eigenvalue weighted by Crippen LogP contribution is -2.12. The number of nitrogens with zero attached hydrogens (tertiary/aromatic N) is 1. The standard InChI is InChI=1S/C22H22N4O/c1-2-3-14-27-22-20-19(21(23)26-22)24-17(15-10-6-4-7-11-15)18(25-20)16-12-8-5-9-13-16/h4-13,26H,2-3,14,23H2,1H3/p+1. The molecule has 0 aliphatic rings. The Hall–Kier alpha value is -3.34. The van der Waals surface area contributed by atoms with Gasteiger partial charge in [0.05, 0.1) is 6.61 Å². The first-order valence-corrected chi connectivity index (χ1v) is 9.26. The molecule has 0 aliphatic carbocycles. The fourth-order valence-electron chi connectivity index (χ4n) is 3.11. The quantitative estimate of drug-likeness (QED) is 0.499. The molecule has 0 atom stereocenters. The first kappa shape index (κ1) is 17.1. The maximum atomic E-state index is 6.21. The number of hydrogen-bond acceptors (Lipinski definition) is 3. The fraction of sp³-hybridized carbons (Fsp3) is 0.182. The average Bonchev–Trinajstić information content (AvgIpc) is 3.03. The number of benzene rings is 2. The van der Waals surface area contributed by atoms with E-state index >= 15 is 0 Å². The van der Waals surface area contributed by atoms with E-state index in [2.05, 4.69) is 41.2 Å². The van der Waals surface area contributed by atoms with Gasteiger partial charge in [0.1, 0.15) is 5.69 Å². The van der Waals surface area contributed by atoms with E-state index in [0.717, 1.165) is 46.4 Å². The van der Waals surface area contributed by atoms with Gasteiger partial charge in [-0.3, -0.25) is 0 Å². The minimum Gasteiger partial charge on any atom is -0.477 e. The first-order chi connectivity index (χ1) is 13.3. The van der Waals surface area contributed by atoms with Crippen molar-refractivity contribution in [3.8, 4) is 28.4 Å². The zero-order valence-electron chi connectivity index (χ0n) is 15.3. The molecule has 0 saturated carbocycles. The van der Waals surface area contributed by atoms with Gasteiger partial charge in [-0.1, -0.05) is 61.9 Å². The Morgan fingerprint density at radius 2 is 1.67 bits per heavy atom. The number of nitrogens with two attached hydrogens (primary N) is 1. The summed E-state index contributed by atoms with van der Waals surface area (Å²) in [4.78, 5) is 11.6. The summed E-state index contributed by atoms with van der Waals surface area (Å²) in [7, 11) is 0. The third kappa shape index (κ3) is 3.36. The van der Waals surface area contributed by atoms with E-state index in [1.807, 2.05) is 36.4 Å². The van der Waals surface area contributed by atoms with Crippen LogP contribution in [-0.2, 0) is 0 Å². The van der Waals surface area contributed by atoms with Crippen LogP contribution >= 0.6 is 0 Å². The van der Waals surface area contributed by atoms with E-state index in [1.54, 1.807) is 0 Å². The summed E-state index contributed by atoms with van der Waals surface area (Å²) >= 11 is 0. The van der Waals surface area contributed by atoms with Crippen LogP contribution in [0.4, 0.5) is 5.82 Å². The van der Waals surface area contributed by atoms with Crippen LogP contribution in [0.1, 0.15) is 19.8 Å². The molecule has 0 unspecified atom stereocenters. The predicted octanol–water partition coefficient (Wildman–Crippen LogP) is 4.47. The molecule has 4 N–H and O–H groups in total. The molecule has 5 heteroatoms. The van der Waals surface area contributed by atoms with Crippen molar-refractivity contribution in [1.29, 1.82) is 0 Å². The van der Waals surface area contributed by atoms with Gasteiger partial charge in [0.2, 0.25) is 11.6 Å². The van der Waals surface area contributed by atoms with Gasteiger partial charge >= 0.3 is 0 Å². The summed E-state index contributed by atoms with van der Waals surface area (Å²) in [5.74, 6) is 1.14. The second-order valence-corrected chi connectivity index (χ2v) is 6.49. The molecule has 136 valence electrons. The number of fused-ring (bicyclic) bond motifs is 1. The Bertz CT molecular complexity index is 1040. The topological polar surface area (TPSA) is 78.1 Å². The molecule has 0 spiro atoms. The van der Waals surface area contributed by atoms with Crippen molar-refractivity contribution >= 4 is 16.9 Å². The molecule has 0 radical (unpaired) electrons. The number of hydrogen-bond donors (Lipinski definition) is 2. The molecule has 0 bridgehead atoms. The van der Waals surface area contributed by atoms with Crippen LogP contribution in [0.3, 0.4) is 0 Å². The number of nitrogen functional groups attached to an aromatic ring is 1. The summed E-state index contributed by atoms with van der Waals surface area (Å²) in [5.41, 5.74) is 11.6. The van der Waals surface area contributed by atoms with Gasteiger partial charge in [-0.15, -0.1) is 0 Å². The highest BCUT2D eigenvalue weighted by Gasteiger charge is 2.24. The molecule has 27 heavy (non-hydrogen) atoms. The zero-order chi connectivity index (χ0) is 18.6. The van der Waals surface area contributed by atoms with E-state index in [0.29, 0.717) is 18.3 Å². The normalized spacial score (nSPS) is 11.0. The number of aromatic amines is 2. The third-order valence-electron chi connectivity index (χ3n) is 4.53. The zero-order valence-corrected chi connectivity index (χ0v) is 15.3. The smallest absolute Gasteiger partial charge is 0.276 e. The second kappa shape index (κ2) is 7.50. The Kier molecular flexibility index (Phi) is 4.75. The van der Waals surface area contributed by atoms with Gasteiger partial charge in [0.25, 0.3) is 5.52 Å². The van der Waals surface area contributed by atoms with Crippen molar-refractivity contribution in [2.75, 3.05) is 12.3 Å². The fourth-order valence-corrected chi connectivity index (χ4v) is 3.11. The monoisotopic (exact) mass is 359 g/mol. The number of H-pyrrole nitrogens is 2. The molecular formula is C22H23N4O+. The number of nitrogens with one attached hydrogen (secondary N) is 2. The van der Waals surface area contributed by atoms with Crippen molar-refractivity contribution in [2.45, 2.75) is 19.8 Å². The van der Waals surface area contributed by atoms with Gasteiger partial charge in [0.15, 0.2) is 11.3 Å². The number of aromatic nitrogens is 3. The molecular weight excluding hydrogens is 336 g/mol. The van der Waals surface area contributed by atoms with Crippen LogP contribution < -0.4 is 15.5 Å². The van der Waals surface area contributed by atoms with Gasteiger partial charge < -0.3 is 15.5 Å². The highest BCUT2D eigenvalue weighted by atomic mass is 16.5. The highest BCUT2D eigenvalue weighted by molar-refractivity contribution is 5.91. The van der Waals surface area contributed by atoms with Crippen molar-refractivity contribution in [3.05, 3.63) is 60.7 Å². The van der Waals surface area contributed by atoms with Crippen LogP contribution in [0.2, 0.25) is 0 Å². The van der Waals surface area contributed by atoms with E-state index in [9.17, 15) is 0 Å². The first-order valence-electron chi connectivity index (χ1n) is 9.26. The van der Waals surface area contributed by atoms with E-state index in [1.165, 1.54) is 0 Å².